The molecule has 0 bridgehead atoms. The molecule has 1 amide bonds. The summed E-state index contributed by atoms with van der Waals surface area (Å²) in [6.45, 7) is 3.57. The smallest absolute Gasteiger partial charge is 0.338 e. The Labute approximate surface area is 139 Å². The number of amides is 1. The molecule has 0 aliphatic heterocycles. The molecule has 0 aromatic heterocycles. The van der Waals surface area contributed by atoms with Crippen LogP contribution >= 0.6 is 0 Å². The number of carbonyl (C=O) groups is 2. The van der Waals surface area contributed by atoms with Crippen molar-refractivity contribution in [1.82, 2.24) is 0 Å². The van der Waals surface area contributed by atoms with Gasteiger partial charge < -0.3 is 14.8 Å². The highest BCUT2D eigenvalue weighted by atomic mass is 19.1. The fourth-order valence-electron chi connectivity index (χ4n) is 1.93. The van der Waals surface area contributed by atoms with Crippen LogP contribution in [0.4, 0.5) is 10.1 Å². The fraction of sp³-hybridized carbons (Fsp3) is 0.222. The van der Waals surface area contributed by atoms with Crippen molar-refractivity contribution in [3.63, 3.8) is 0 Å². The minimum atomic E-state index is -0.754. The summed E-state index contributed by atoms with van der Waals surface area (Å²) < 4.78 is 23.6. The summed E-state index contributed by atoms with van der Waals surface area (Å²) in [5.74, 6) is -1.04. The van der Waals surface area contributed by atoms with E-state index in [2.05, 4.69) is 5.32 Å². The Morgan fingerprint density at radius 3 is 2.46 bits per heavy atom. The Hall–Kier alpha value is -2.89. The Bertz CT molecular complexity index is 728. The van der Waals surface area contributed by atoms with Crippen molar-refractivity contribution in [2.45, 2.75) is 13.8 Å². The third kappa shape index (κ3) is 4.81. The Kier molecular flexibility index (Phi) is 5.89. The highest BCUT2D eigenvalue weighted by Crippen LogP contribution is 2.15. The molecule has 0 unspecified atom stereocenters. The number of carbonyl (C=O) groups excluding carboxylic acids is 2. The molecule has 0 fully saturated rings. The van der Waals surface area contributed by atoms with Gasteiger partial charge in [-0.1, -0.05) is 6.07 Å². The van der Waals surface area contributed by atoms with Gasteiger partial charge in [0.05, 0.1) is 12.2 Å². The van der Waals surface area contributed by atoms with Crippen LogP contribution in [0.3, 0.4) is 0 Å². The number of esters is 1. The molecule has 0 saturated carbocycles. The van der Waals surface area contributed by atoms with Gasteiger partial charge >= 0.3 is 5.97 Å². The van der Waals surface area contributed by atoms with Crippen molar-refractivity contribution in [3.05, 3.63) is 59.4 Å². The standard InChI is InChI=1S/C18H18FNO4/c1-3-23-15-8-6-14(7-9-15)20-17(21)11-24-18(22)13-5-4-12(2)16(19)10-13/h4-10H,3,11H2,1-2H3,(H,20,21). The summed E-state index contributed by atoms with van der Waals surface area (Å²) in [5.41, 5.74) is 1.05. The van der Waals surface area contributed by atoms with Crippen molar-refractivity contribution in [3.8, 4) is 5.75 Å². The largest absolute Gasteiger partial charge is 0.494 e. The number of halogens is 1. The maximum Gasteiger partial charge on any atom is 0.338 e. The molecule has 0 heterocycles. The molecule has 2 aromatic rings. The van der Waals surface area contributed by atoms with Crippen molar-refractivity contribution in [1.29, 1.82) is 0 Å². The van der Waals surface area contributed by atoms with Gasteiger partial charge in [0.15, 0.2) is 6.61 Å². The number of hydrogen-bond acceptors (Lipinski definition) is 4. The molecule has 126 valence electrons. The molecule has 2 aromatic carbocycles. The summed E-state index contributed by atoms with van der Waals surface area (Å²) in [6.07, 6.45) is 0. The first-order valence-corrected chi connectivity index (χ1v) is 7.45. The second-order valence-electron chi connectivity index (χ2n) is 5.05. The summed E-state index contributed by atoms with van der Waals surface area (Å²) in [4.78, 5) is 23.6. The Morgan fingerprint density at radius 1 is 1.12 bits per heavy atom. The zero-order valence-corrected chi connectivity index (χ0v) is 13.5. The monoisotopic (exact) mass is 331 g/mol. The molecule has 24 heavy (non-hydrogen) atoms. The maximum absolute atomic E-state index is 13.4. The van der Waals surface area contributed by atoms with E-state index >= 15 is 0 Å². The van der Waals surface area contributed by atoms with E-state index in [9.17, 15) is 14.0 Å². The summed E-state index contributed by atoms with van der Waals surface area (Å²) >= 11 is 0. The van der Waals surface area contributed by atoms with Gasteiger partial charge in [0.2, 0.25) is 0 Å². The second kappa shape index (κ2) is 8.10. The van der Waals surface area contributed by atoms with Crippen LogP contribution in [0.2, 0.25) is 0 Å². The molecular formula is C18H18FNO4. The Balaban J connectivity index is 1.86. The van der Waals surface area contributed by atoms with Crippen molar-refractivity contribution in [2.75, 3.05) is 18.5 Å². The van der Waals surface area contributed by atoms with Crippen LogP contribution in [-0.2, 0) is 9.53 Å². The van der Waals surface area contributed by atoms with Crippen LogP contribution < -0.4 is 10.1 Å². The van der Waals surface area contributed by atoms with E-state index in [0.29, 0.717) is 23.6 Å². The van der Waals surface area contributed by atoms with E-state index in [4.69, 9.17) is 9.47 Å². The summed E-state index contributed by atoms with van der Waals surface area (Å²) in [7, 11) is 0. The number of aryl methyl sites for hydroxylation is 1. The van der Waals surface area contributed by atoms with E-state index < -0.39 is 24.3 Å². The van der Waals surface area contributed by atoms with Crippen molar-refractivity contribution < 1.29 is 23.5 Å². The lowest BCUT2D eigenvalue weighted by Gasteiger charge is -2.08. The Morgan fingerprint density at radius 2 is 1.83 bits per heavy atom. The van der Waals surface area contributed by atoms with E-state index in [-0.39, 0.29) is 5.56 Å². The molecule has 1 N–H and O–H groups in total. The zero-order chi connectivity index (χ0) is 17.5. The number of hydrogen-bond donors (Lipinski definition) is 1. The van der Waals surface area contributed by atoms with Crippen LogP contribution in [0.15, 0.2) is 42.5 Å². The number of rotatable bonds is 6. The van der Waals surface area contributed by atoms with Crippen LogP contribution in [0.25, 0.3) is 0 Å². The van der Waals surface area contributed by atoms with E-state index in [1.807, 2.05) is 6.92 Å². The third-order valence-electron chi connectivity index (χ3n) is 3.19. The van der Waals surface area contributed by atoms with Crippen LogP contribution in [0.1, 0.15) is 22.8 Å². The molecule has 2 rings (SSSR count). The van der Waals surface area contributed by atoms with Crippen molar-refractivity contribution in [2.24, 2.45) is 0 Å². The lowest BCUT2D eigenvalue weighted by molar-refractivity contribution is -0.119. The molecule has 0 saturated heterocycles. The molecular weight excluding hydrogens is 313 g/mol. The van der Waals surface area contributed by atoms with E-state index in [1.54, 1.807) is 31.2 Å². The van der Waals surface area contributed by atoms with E-state index in [0.717, 1.165) is 6.07 Å². The predicted octanol–water partition coefficient (Wildman–Crippen LogP) is 3.33. The lowest BCUT2D eigenvalue weighted by Crippen LogP contribution is -2.21. The minimum Gasteiger partial charge on any atom is -0.494 e. The third-order valence-corrected chi connectivity index (χ3v) is 3.19. The fourth-order valence-corrected chi connectivity index (χ4v) is 1.93. The highest BCUT2D eigenvalue weighted by Gasteiger charge is 2.12. The first kappa shape index (κ1) is 17.5. The maximum atomic E-state index is 13.4. The van der Waals surface area contributed by atoms with Gasteiger partial charge in [-0.3, -0.25) is 4.79 Å². The molecule has 0 aliphatic carbocycles. The number of benzene rings is 2. The van der Waals surface area contributed by atoms with Gasteiger partial charge in [-0.25, -0.2) is 9.18 Å². The normalized spacial score (nSPS) is 10.1. The number of ether oxygens (including phenoxy) is 2. The van der Waals surface area contributed by atoms with Crippen molar-refractivity contribution >= 4 is 17.6 Å². The molecule has 0 aliphatic rings. The zero-order valence-electron chi connectivity index (χ0n) is 13.5. The average Bonchev–Trinajstić information content (AvgIpc) is 2.57. The first-order valence-electron chi connectivity index (χ1n) is 7.45. The highest BCUT2D eigenvalue weighted by molar-refractivity contribution is 5.95. The summed E-state index contributed by atoms with van der Waals surface area (Å²) in [6, 6.07) is 10.8. The van der Waals surface area contributed by atoms with Crippen LogP contribution in [-0.4, -0.2) is 25.1 Å². The second-order valence-corrected chi connectivity index (χ2v) is 5.05. The van der Waals surface area contributed by atoms with Crippen LogP contribution in [0, 0.1) is 12.7 Å². The quantitative estimate of drug-likeness (QED) is 0.825. The number of nitrogens with one attached hydrogen (secondary N) is 1. The molecule has 0 atom stereocenters. The van der Waals surface area contributed by atoms with Gasteiger partial charge in [0.1, 0.15) is 11.6 Å². The molecule has 0 radical (unpaired) electrons. The predicted molar refractivity (Wildman–Crippen MR) is 87.7 cm³/mol. The SMILES string of the molecule is CCOc1ccc(NC(=O)COC(=O)c2ccc(C)c(F)c2)cc1. The van der Waals surface area contributed by atoms with Gasteiger partial charge in [0, 0.05) is 5.69 Å². The number of anilines is 1. The minimum absolute atomic E-state index is 0.0620. The first-order chi connectivity index (χ1) is 11.5. The van der Waals surface area contributed by atoms with E-state index in [1.165, 1.54) is 12.1 Å². The van der Waals surface area contributed by atoms with Crippen LogP contribution in [0.5, 0.6) is 5.75 Å². The molecule has 6 heteroatoms. The van der Waals surface area contributed by atoms with Gasteiger partial charge in [-0.15, -0.1) is 0 Å². The molecule has 5 nitrogen and oxygen atoms in total. The topological polar surface area (TPSA) is 64.6 Å². The van der Waals surface area contributed by atoms with Gasteiger partial charge in [0.25, 0.3) is 5.91 Å². The average molecular weight is 331 g/mol. The molecule has 0 spiro atoms. The van der Waals surface area contributed by atoms with Gasteiger partial charge in [-0.05, 0) is 55.8 Å². The lowest BCUT2D eigenvalue weighted by atomic mass is 10.1. The van der Waals surface area contributed by atoms with Gasteiger partial charge in [-0.2, -0.15) is 0 Å². The summed E-state index contributed by atoms with van der Waals surface area (Å²) in [5, 5.41) is 2.59.